The van der Waals surface area contributed by atoms with Gasteiger partial charge in [0.2, 0.25) is 0 Å². The molecule has 0 amide bonds. The van der Waals surface area contributed by atoms with Crippen molar-refractivity contribution in [3.63, 3.8) is 0 Å². The van der Waals surface area contributed by atoms with Crippen molar-refractivity contribution in [3.05, 3.63) is 53.1 Å². The number of hydrogen-bond donors (Lipinski definition) is 2. The van der Waals surface area contributed by atoms with Gasteiger partial charge in [-0.25, -0.2) is 0 Å². The summed E-state index contributed by atoms with van der Waals surface area (Å²) in [6.07, 6.45) is -0.0914. The normalized spacial score (nSPS) is 15.8. The van der Waals surface area contributed by atoms with Gasteiger partial charge >= 0.3 is 0 Å². The highest BCUT2D eigenvalue weighted by atomic mass is 35.5. The largest absolute Gasteiger partial charge is 0.486 e. The summed E-state index contributed by atoms with van der Waals surface area (Å²) < 4.78 is 11.5. The van der Waals surface area contributed by atoms with Crippen LogP contribution in [0.4, 0.5) is 5.69 Å². The molecule has 1 aliphatic rings. The number of rotatable bonds is 3. The van der Waals surface area contributed by atoms with E-state index in [1.165, 1.54) is 0 Å². The van der Waals surface area contributed by atoms with Gasteiger partial charge in [-0.15, -0.1) is 0 Å². The predicted molar refractivity (Wildman–Crippen MR) is 96.8 cm³/mol. The monoisotopic (exact) mass is 348 g/mol. The van der Waals surface area contributed by atoms with Crippen LogP contribution in [0, 0.1) is 6.92 Å². The van der Waals surface area contributed by atoms with E-state index in [4.69, 9.17) is 33.3 Å². The van der Waals surface area contributed by atoms with Crippen molar-refractivity contribution < 1.29 is 9.47 Å². The lowest BCUT2D eigenvalue weighted by atomic mass is 10.2. The molecule has 120 valence electrons. The van der Waals surface area contributed by atoms with Crippen LogP contribution in [-0.2, 0) is 0 Å². The molecule has 0 spiro atoms. The number of halogens is 1. The molecule has 0 bridgehead atoms. The number of hydrogen-bond acceptors (Lipinski definition) is 3. The van der Waals surface area contributed by atoms with E-state index >= 15 is 0 Å². The first kappa shape index (κ1) is 15.9. The summed E-state index contributed by atoms with van der Waals surface area (Å²) in [5.74, 6) is 1.54. The van der Waals surface area contributed by atoms with Crippen LogP contribution in [0.3, 0.4) is 0 Å². The van der Waals surface area contributed by atoms with Crippen LogP contribution in [0.25, 0.3) is 0 Å². The Kier molecular flexibility index (Phi) is 4.88. The fourth-order valence-electron chi connectivity index (χ4n) is 2.22. The number of thiocarbonyl (C=S) groups is 1. The minimum Gasteiger partial charge on any atom is -0.486 e. The van der Waals surface area contributed by atoms with E-state index in [1.54, 1.807) is 0 Å². The molecule has 2 aromatic rings. The molecule has 1 heterocycles. The first-order valence-corrected chi connectivity index (χ1v) is 8.10. The summed E-state index contributed by atoms with van der Waals surface area (Å²) >= 11 is 11.4. The van der Waals surface area contributed by atoms with Crippen molar-refractivity contribution in [3.8, 4) is 11.5 Å². The maximum absolute atomic E-state index is 6.10. The molecule has 0 radical (unpaired) electrons. The number of benzene rings is 2. The average molecular weight is 349 g/mol. The van der Waals surface area contributed by atoms with E-state index < -0.39 is 0 Å². The summed E-state index contributed by atoms with van der Waals surface area (Å²) in [5, 5.41) is 7.47. The van der Waals surface area contributed by atoms with E-state index in [9.17, 15) is 0 Å². The van der Waals surface area contributed by atoms with Gasteiger partial charge < -0.3 is 20.1 Å². The van der Waals surface area contributed by atoms with Crippen LogP contribution in [0.5, 0.6) is 11.5 Å². The zero-order valence-electron chi connectivity index (χ0n) is 12.6. The molecule has 0 saturated carbocycles. The Balaban J connectivity index is 1.51. The third kappa shape index (κ3) is 4.06. The molecule has 1 atom stereocenters. The average Bonchev–Trinajstić information content (AvgIpc) is 2.56. The van der Waals surface area contributed by atoms with Crippen LogP contribution < -0.4 is 20.1 Å². The molecule has 0 aromatic heterocycles. The number of fused-ring (bicyclic) bond motifs is 1. The molecule has 1 unspecified atom stereocenters. The van der Waals surface area contributed by atoms with E-state index in [-0.39, 0.29) is 6.10 Å². The maximum atomic E-state index is 6.10. The van der Waals surface area contributed by atoms with Gasteiger partial charge in [0, 0.05) is 10.7 Å². The summed E-state index contributed by atoms with van der Waals surface area (Å²) in [4.78, 5) is 0. The fourth-order valence-corrected chi connectivity index (χ4v) is 2.60. The van der Waals surface area contributed by atoms with Gasteiger partial charge in [0.15, 0.2) is 16.6 Å². The van der Waals surface area contributed by atoms with Crippen molar-refractivity contribution in [1.29, 1.82) is 0 Å². The summed E-state index contributed by atoms with van der Waals surface area (Å²) in [6, 6.07) is 13.4. The Morgan fingerprint density at radius 1 is 1.26 bits per heavy atom. The smallest absolute Gasteiger partial charge is 0.170 e. The molecule has 0 saturated heterocycles. The van der Waals surface area contributed by atoms with Crippen molar-refractivity contribution in [2.24, 2.45) is 0 Å². The lowest BCUT2D eigenvalue weighted by molar-refractivity contribution is 0.0939. The second kappa shape index (κ2) is 7.06. The minimum absolute atomic E-state index is 0.0914. The number of aryl methyl sites for hydroxylation is 1. The third-order valence-electron chi connectivity index (χ3n) is 3.49. The molecule has 1 aliphatic heterocycles. The number of nitrogens with one attached hydrogen (secondary N) is 2. The molecule has 23 heavy (non-hydrogen) atoms. The van der Waals surface area contributed by atoms with E-state index in [2.05, 4.69) is 10.6 Å². The van der Waals surface area contributed by atoms with Gasteiger partial charge in [-0.05, 0) is 49.0 Å². The maximum Gasteiger partial charge on any atom is 0.170 e. The van der Waals surface area contributed by atoms with E-state index in [0.717, 1.165) is 22.7 Å². The molecular formula is C17H17ClN2O2S. The fraction of sp³-hybridized carbons (Fsp3) is 0.235. The van der Waals surface area contributed by atoms with Crippen molar-refractivity contribution in [2.75, 3.05) is 18.5 Å². The predicted octanol–water partition coefficient (Wildman–Crippen LogP) is 3.77. The lowest BCUT2D eigenvalue weighted by Gasteiger charge is -2.27. The van der Waals surface area contributed by atoms with Gasteiger partial charge in [0.05, 0.1) is 6.54 Å². The molecule has 0 aliphatic carbocycles. The van der Waals surface area contributed by atoms with Gasteiger partial charge in [-0.3, -0.25) is 0 Å². The molecule has 2 N–H and O–H groups in total. The Morgan fingerprint density at radius 2 is 2.04 bits per heavy atom. The van der Waals surface area contributed by atoms with Gasteiger partial charge in [0.1, 0.15) is 12.7 Å². The first-order chi connectivity index (χ1) is 11.1. The molecule has 2 aromatic carbocycles. The third-order valence-corrected chi connectivity index (χ3v) is 4.14. The van der Waals surface area contributed by atoms with Crippen molar-refractivity contribution >= 4 is 34.6 Å². The SMILES string of the molecule is Cc1ccc(NC(=S)NCC2COc3ccccc3O2)cc1Cl. The van der Waals surface area contributed by atoms with Crippen LogP contribution in [0.15, 0.2) is 42.5 Å². The van der Waals surface area contributed by atoms with Crippen molar-refractivity contribution in [2.45, 2.75) is 13.0 Å². The Bertz CT molecular complexity index is 723. The van der Waals surface area contributed by atoms with Gasteiger partial charge in [-0.2, -0.15) is 0 Å². The van der Waals surface area contributed by atoms with Gasteiger partial charge in [-0.1, -0.05) is 29.8 Å². The highest BCUT2D eigenvalue weighted by Crippen LogP contribution is 2.30. The summed E-state index contributed by atoms with van der Waals surface area (Å²) in [5.41, 5.74) is 1.88. The Hall–Kier alpha value is -1.98. The standard InChI is InChI=1S/C17H17ClN2O2S/c1-11-6-7-12(8-14(11)18)20-17(23)19-9-13-10-21-15-4-2-3-5-16(15)22-13/h2-8,13H,9-10H2,1H3,(H2,19,20,23). The number of ether oxygens (including phenoxy) is 2. The molecule has 3 rings (SSSR count). The topological polar surface area (TPSA) is 42.5 Å². The van der Waals surface area contributed by atoms with E-state index in [0.29, 0.717) is 23.3 Å². The Morgan fingerprint density at radius 3 is 2.83 bits per heavy atom. The molecule has 6 heteroatoms. The molecule has 0 fully saturated rings. The van der Waals surface area contributed by atoms with E-state index in [1.807, 2.05) is 49.4 Å². The zero-order valence-corrected chi connectivity index (χ0v) is 14.2. The highest BCUT2D eigenvalue weighted by Gasteiger charge is 2.20. The lowest BCUT2D eigenvalue weighted by Crippen LogP contribution is -2.42. The van der Waals surface area contributed by atoms with Crippen molar-refractivity contribution in [1.82, 2.24) is 5.32 Å². The number of anilines is 1. The number of para-hydroxylation sites is 2. The second-order valence-electron chi connectivity index (χ2n) is 5.30. The van der Waals surface area contributed by atoms with Crippen LogP contribution in [-0.4, -0.2) is 24.4 Å². The summed E-state index contributed by atoms with van der Waals surface area (Å²) in [7, 11) is 0. The summed E-state index contributed by atoms with van der Waals surface area (Å²) in [6.45, 7) is 3.00. The minimum atomic E-state index is -0.0914. The molecular weight excluding hydrogens is 332 g/mol. The van der Waals surface area contributed by atoms with Crippen LogP contribution >= 0.6 is 23.8 Å². The first-order valence-electron chi connectivity index (χ1n) is 7.31. The molecule has 4 nitrogen and oxygen atoms in total. The van der Waals surface area contributed by atoms with Crippen LogP contribution in [0.1, 0.15) is 5.56 Å². The quantitative estimate of drug-likeness (QED) is 0.826. The second-order valence-corrected chi connectivity index (χ2v) is 6.11. The zero-order chi connectivity index (χ0) is 16.2. The Labute approximate surface area is 145 Å². The highest BCUT2D eigenvalue weighted by molar-refractivity contribution is 7.80. The van der Waals surface area contributed by atoms with Gasteiger partial charge in [0.25, 0.3) is 0 Å². The van der Waals surface area contributed by atoms with Crippen LogP contribution in [0.2, 0.25) is 5.02 Å².